The summed E-state index contributed by atoms with van der Waals surface area (Å²) in [6, 6.07) is 11.6. The first kappa shape index (κ1) is 20.7. The van der Waals surface area contributed by atoms with Crippen LogP contribution < -0.4 is 4.74 Å². The van der Waals surface area contributed by atoms with Gasteiger partial charge in [0.1, 0.15) is 18.5 Å². The molecule has 0 radical (unpaired) electrons. The molecule has 1 aromatic heterocycles. The van der Waals surface area contributed by atoms with E-state index >= 15 is 0 Å². The lowest BCUT2D eigenvalue weighted by Gasteiger charge is -2.13. The second-order valence-corrected chi connectivity index (χ2v) is 7.86. The number of aliphatic hydroxyl groups excluding tert-OH is 1. The van der Waals surface area contributed by atoms with Crippen LogP contribution in [0.5, 0.6) is 5.75 Å². The zero-order valence-corrected chi connectivity index (χ0v) is 18.0. The van der Waals surface area contributed by atoms with Crippen LogP contribution in [0.4, 0.5) is 10.2 Å². The highest BCUT2D eigenvalue weighted by Crippen LogP contribution is 2.34. The van der Waals surface area contributed by atoms with Gasteiger partial charge in [0.2, 0.25) is 0 Å². The van der Waals surface area contributed by atoms with Crippen molar-refractivity contribution in [2.45, 2.75) is 12.7 Å². The minimum Gasteiger partial charge on any atom is -0.486 e. The first-order valence-corrected chi connectivity index (χ1v) is 11.9. The molecule has 4 nitrogen and oxygen atoms in total. The van der Waals surface area contributed by atoms with Gasteiger partial charge in [-0.25, -0.2) is 7.54 Å². The Hall–Kier alpha value is -2.03. The molecule has 2 aromatic carbocycles. The van der Waals surface area contributed by atoms with Gasteiger partial charge >= 0.3 is 0 Å². The number of hydrogen-bond acceptors (Lipinski definition) is 3. The smallest absolute Gasteiger partial charge is 0.165 e. The van der Waals surface area contributed by atoms with Gasteiger partial charge in [0, 0.05) is 27.3 Å². The fourth-order valence-corrected chi connectivity index (χ4v) is 3.77. The van der Waals surface area contributed by atoms with Gasteiger partial charge in [0.15, 0.2) is 11.6 Å². The van der Waals surface area contributed by atoms with E-state index < -0.39 is 11.9 Å². The van der Waals surface area contributed by atoms with Crippen LogP contribution in [-0.2, 0) is 6.61 Å². The maximum Gasteiger partial charge on any atom is 0.165 e. The highest BCUT2D eigenvalue weighted by Gasteiger charge is 2.19. The summed E-state index contributed by atoms with van der Waals surface area (Å²) in [6.45, 7) is 4.01. The average Bonchev–Trinajstić information content (AvgIpc) is 3.10. The summed E-state index contributed by atoms with van der Waals surface area (Å²) in [4.78, 5) is 5.08. The number of alkyl halides is 1. The molecule has 1 atom stereocenters. The van der Waals surface area contributed by atoms with E-state index in [-0.39, 0.29) is 33.4 Å². The van der Waals surface area contributed by atoms with E-state index in [2.05, 4.69) is 14.7 Å². The number of aliphatic hydroxyl groups is 1. The Morgan fingerprint density at radius 1 is 1.32 bits per heavy atom. The Bertz CT molecular complexity index is 1000. The third kappa shape index (κ3) is 4.68. The number of aromatic amines is 1. The van der Waals surface area contributed by atoms with Crippen LogP contribution in [0.25, 0.3) is 6.08 Å². The average molecular weight is 513 g/mol. The molecule has 7 heteroatoms. The summed E-state index contributed by atoms with van der Waals surface area (Å²) in [5, 5.41) is 11.3. The highest BCUT2D eigenvalue weighted by atomic mass is 127. The maximum atomic E-state index is 14.5. The summed E-state index contributed by atoms with van der Waals surface area (Å²) < 4.78 is 24.5. The van der Waals surface area contributed by atoms with Gasteiger partial charge < -0.3 is 14.8 Å². The molecule has 0 aliphatic rings. The summed E-state index contributed by atoms with van der Waals surface area (Å²) >= 11 is 5.54. The van der Waals surface area contributed by atoms with Crippen LogP contribution in [0.1, 0.15) is 28.4 Å². The number of nitrogens with one attached hydrogen (secondary N) is 1. The summed E-state index contributed by atoms with van der Waals surface area (Å²) in [7, 11) is 0. The Morgan fingerprint density at radius 2 is 2.07 bits per heavy atom. The molecule has 3 aromatic rings. The molecule has 0 bridgehead atoms. The third-order valence-electron chi connectivity index (χ3n) is 4.18. The van der Waals surface area contributed by atoms with Crippen molar-refractivity contribution < 1.29 is 14.2 Å². The van der Waals surface area contributed by atoms with Crippen LogP contribution in [-0.4, -0.2) is 15.0 Å². The van der Waals surface area contributed by atoms with Crippen molar-refractivity contribution in [3.63, 3.8) is 0 Å². The number of hydrogen-bond donors (Lipinski definition) is 2. The van der Waals surface area contributed by atoms with Crippen molar-refractivity contribution in [3.8, 4) is 5.75 Å². The number of nitrogens with zero attached hydrogens (tertiary/aromatic N) is 1. The van der Waals surface area contributed by atoms with Crippen molar-refractivity contribution in [1.29, 1.82) is 0 Å². The molecule has 0 saturated heterocycles. The summed E-state index contributed by atoms with van der Waals surface area (Å²) in [5.74, 6) is 0.281. The van der Waals surface area contributed by atoms with Crippen molar-refractivity contribution in [2.24, 2.45) is 3.15 Å². The predicted octanol–water partition coefficient (Wildman–Crippen LogP) is 6.53. The van der Waals surface area contributed by atoms with Crippen LogP contribution in [0, 0.1) is 5.82 Å². The largest absolute Gasteiger partial charge is 0.486 e. The van der Waals surface area contributed by atoms with E-state index in [9.17, 15) is 9.50 Å². The normalized spacial score (nSPS) is 12.6. The van der Waals surface area contributed by atoms with Crippen molar-refractivity contribution in [3.05, 3.63) is 88.3 Å². The molecule has 0 aliphatic carbocycles. The molecule has 0 amide bonds. The fourth-order valence-electron chi connectivity index (χ4n) is 2.76. The van der Waals surface area contributed by atoms with E-state index in [1.54, 1.807) is 30.5 Å². The van der Waals surface area contributed by atoms with Crippen LogP contribution >= 0.6 is 32.6 Å². The standard InChI is InChI=1S/C21H19ClFIN2O2/c1-3-16-17(11-25-21(16)26-24-2)20(27)14-6-9-19(18(23)10-14)28-12-13-4-7-15(22)8-5-13/h3-11,20,25,27H,1,12H2,2H3. The Kier molecular flexibility index (Phi) is 6.98. The molecule has 0 fully saturated rings. The molecule has 0 aliphatic heterocycles. The lowest BCUT2D eigenvalue weighted by atomic mass is 10.00. The van der Waals surface area contributed by atoms with Gasteiger partial charge in [-0.05, 0) is 56.4 Å². The molecule has 1 heterocycles. The second kappa shape index (κ2) is 9.45. The van der Waals surface area contributed by atoms with E-state index in [0.29, 0.717) is 22.0 Å². The van der Waals surface area contributed by atoms with Gasteiger partial charge in [-0.15, -0.1) is 0 Å². The second-order valence-electron chi connectivity index (χ2n) is 5.97. The van der Waals surface area contributed by atoms with Crippen molar-refractivity contribution in [1.82, 2.24) is 4.98 Å². The number of benzene rings is 2. The van der Waals surface area contributed by atoms with E-state index in [4.69, 9.17) is 16.3 Å². The SMILES string of the molecule is C=Cc1c(C(O)c2ccc(OCc3ccc(Cl)cc3)c(F)c2)c[nH]c1N=IC. The molecule has 146 valence electrons. The molecule has 1 unspecified atom stereocenters. The molecular formula is C21H19ClFIN2O2. The number of aromatic nitrogens is 1. The van der Waals surface area contributed by atoms with Crippen LogP contribution in [0.3, 0.4) is 0 Å². The summed E-state index contributed by atoms with van der Waals surface area (Å²) in [5.41, 5.74) is 2.65. The van der Waals surface area contributed by atoms with Crippen LogP contribution in [0.2, 0.25) is 5.02 Å². The van der Waals surface area contributed by atoms with Gasteiger partial charge in [-0.1, -0.05) is 42.5 Å². The summed E-state index contributed by atoms with van der Waals surface area (Å²) in [6.07, 6.45) is 2.33. The number of halogens is 3. The zero-order valence-electron chi connectivity index (χ0n) is 15.1. The Morgan fingerprint density at radius 3 is 2.71 bits per heavy atom. The fraction of sp³-hybridized carbons (Fsp3) is 0.143. The maximum absolute atomic E-state index is 14.5. The zero-order chi connectivity index (χ0) is 20.1. The molecule has 3 rings (SSSR count). The molecule has 28 heavy (non-hydrogen) atoms. The molecular weight excluding hydrogens is 494 g/mol. The van der Waals surface area contributed by atoms with E-state index in [1.165, 1.54) is 12.1 Å². The van der Waals surface area contributed by atoms with E-state index in [0.717, 1.165) is 11.1 Å². The lowest BCUT2D eigenvalue weighted by Crippen LogP contribution is -2.02. The number of H-pyrrole nitrogens is 1. The highest BCUT2D eigenvalue weighted by molar-refractivity contribution is 14.2. The predicted molar refractivity (Wildman–Crippen MR) is 119 cm³/mol. The first-order chi connectivity index (χ1) is 13.5. The quantitative estimate of drug-likeness (QED) is 0.279. The van der Waals surface area contributed by atoms with Gasteiger partial charge in [0.05, 0.1) is 0 Å². The van der Waals surface area contributed by atoms with Crippen LogP contribution in [0.15, 0.2) is 58.4 Å². The number of ether oxygens (including phenoxy) is 1. The minimum atomic E-state index is -0.997. The van der Waals surface area contributed by atoms with E-state index in [1.807, 2.05) is 17.1 Å². The third-order valence-corrected chi connectivity index (χ3v) is 5.39. The first-order valence-electron chi connectivity index (χ1n) is 8.41. The molecule has 0 saturated carbocycles. The topological polar surface area (TPSA) is 57.6 Å². The molecule has 2 N–H and O–H groups in total. The molecule has 0 spiro atoms. The van der Waals surface area contributed by atoms with Gasteiger partial charge in [-0.2, -0.15) is 0 Å². The minimum absolute atomic E-state index is 0.121. The Balaban J connectivity index is 1.78. The Labute approximate surface area is 178 Å². The van der Waals surface area contributed by atoms with Gasteiger partial charge in [-0.3, -0.25) is 0 Å². The van der Waals surface area contributed by atoms with Crippen molar-refractivity contribution >= 4 is 44.5 Å². The lowest BCUT2D eigenvalue weighted by molar-refractivity contribution is 0.219. The monoisotopic (exact) mass is 512 g/mol. The van der Waals surface area contributed by atoms with Crippen molar-refractivity contribution in [2.75, 3.05) is 4.93 Å². The van der Waals surface area contributed by atoms with Gasteiger partial charge in [0.25, 0.3) is 0 Å². The number of rotatable bonds is 7.